The van der Waals surface area contributed by atoms with Gasteiger partial charge < -0.3 is 4.74 Å². The number of nitrogens with one attached hydrogen (secondary N) is 2. The quantitative estimate of drug-likeness (QED) is 0.378. The van der Waals surface area contributed by atoms with Crippen molar-refractivity contribution in [2.45, 2.75) is 6.42 Å². The fourth-order valence-corrected chi connectivity index (χ4v) is 4.21. The van der Waals surface area contributed by atoms with Crippen LogP contribution in [0.2, 0.25) is 5.02 Å². The van der Waals surface area contributed by atoms with Gasteiger partial charge in [0.15, 0.2) is 0 Å². The summed E-state index contributed by atoms with van der Waals surface area (Å²) in [5, 5.41) is 0.412. The number of hydrogen-bond acceptors (Lipinski definition) is 6. The average molecular weight is 476 g/mol. The Morgan fingerprint density at radius 3 is 2.71 bits per heavy atom. The first-order valence-electron chi connectivity index (χ1n) is 9.12. The molecule has 2 N–H and O–H groups in total. The van der Waals surface area contributed by atoms with Crippen molar-refractivity contribution >= 4 is 63.7 Å². The summed E-state index contributed by atoms with van der Waals surface area (Å²) in [5.74, 6) is -0.599. The molecule has 10 heteroatoms. The maximum atomic E-state index is 12.7. The van der Waals surface area contributed by atoms with E-state index in [9.17, 15) is 14.4 Å². The SMILES string of the molecule is COc1ccccc1C=C1SC(=S)N(CCC(=O)NNC(=O)c2cccc(Cl)c2)C1=O. The van der Waals surface area contributed by atoms with Crippen molar-refractivity contribution in [3.05, 3.63) is 69.6 Å². The first kappa shape index (κ1) is 22.8. The number of carbonyl (C=O) groups is 3. The lowest BCUT2D eigenvalue weighted by atomic mass is 10.2. The smallest absolute Gasteiger partial charge is 0.269 e. The Balaban J connectivity index is 1.55. The molecule has 0 bridgehead atoms. The highest BCUT2D eigenvalue weighted by atomic mass is 35.5. The second-order valence-corrected chi connectivity index (χ2v) is 8.45. The monoisotopic (exact) mass is 475 g/mol. The first-order chi connectivity index (χ1) is 14.9. The zero-order valence-corrected chi connectivity index (χ0v) is 18.8. The van der Waals surface area contributed by atoms with Crippen LogP contribution in [-0.2, 0) is 9.59 Å². The molecule has 2 aromatic rings. The van der Waals surface area contributed by atoms with E-state index in [4.69, 9.17) is 28.6 Å². The summed E-state index contributed by atoms with van der Waals surface area (Å²) in [7, 11) is 1.56. The maximum Gasteiger partial charge on any atom is 0.269 e. The Hall–Kier alpha value is -2.88. The molecule has 1 saturated heterocycles. The number of ether oxygens (including phenoxy) is 1. The highest BCUT2D eigenvalue weighted by Gasteiger charge is 2.32. The Morgan fingerprint density at radius 2 is 1.97 bits per heavy atom. The third-order valence-electron chi connectivity index (χ3n) is 4.26. The Morgan fingerprint density at radius 1 is 1.19 bits per heavy atom. The van der Waals surface area contributed by atoms with E-state index >= 15 is 0 Å². The molecular weight excluding hydrogens is 458 g/mol. The zero-order chi connectivity index (χ0) is 22.4. The van der Waals surface area contributed by atoms with Crippen molar-refractivity contribution in [2.75, 3.05) is 13.7 Å². The number of hydrogen-bond donors (Lipinski definition) is 2. The summed E-state index contributed by atoms with van der Waals surface area (Å²) in [6.07, 6.45) is 1.67. The van der Waals surface area contributed by atoms with Gasteiger partial charge in [0.1, 0.15) is 10.1 Å². The molecule has 1 aliphatic heterocycles. The van der Waals surface area contributed by atoms with E-state index in [0.717, 1.165) is 17.3 Å². The number of para-hydroxylation sites is 1. The fourth-order valence-electron chi connectivity index (χ4n) is 2.72. The van der Waals surface area contributed by atoms with E-state index < -0.39 is 11.8 Å². The number of thioether (sulfide) groups is 1. The molecule has 160 valence electrons. The molecule has 0 aliphatic carbocycles. The number of amides is 3. The molecule has 1 aliphatic rings. The second kappa shape index (κ2) is 10.4. The topological polar surface area (TPSA) is 87.7 Å². The standard InChI is InChI=1S/C21H18ClN3O4S2/c1-29-16-8-3-2-5-13(16)12-17-20(28)25(21(30)31-17)10-9-18(26)23-24-19(27)14-6-4-7-15(22)11-14/h2-8,11-12H,9-10H2,1H3,(H,23,26)(H,24,27). The first-order valence-corrected chi connectivity index (χ1v) is 10.7. The molecule has 1 heterocycles. The summed E-state index contributed by atoms with van der Waals surface area (Å²) >= 11 is 12.3. The molecule has 0 atom stereocenters. The molecule has 0 radical (unpaired) electrons. The summed E-state index contributed by atoms with van der Waals surface area (Å²) in [5.41, 5.74) is 5.70. The van der Waals surface area contributed by atoms with Gasteiger partial charge in [0.2, 0.25) is 5.91 Å². The van der Waals surface area contributed by atoms with Gasteiger partial charge in [0.25, 0.3) is 11.8 Å². The van der Waals surface area contributed by atoms with Crippen LogP contribution < -0.4 is 15.6 Å². The lowest BCUT2D eigenvalue weighted by molar-refractivity contribution is -0.124. The van der Waals surface area contributed by atoms with Crippen molar-refractivity contribution in [3.63, 3.8) is 0 Å². The predicted octanol–water partition coefficient (Wildman–Crippen LogP) is 3.40. The number of halogens is 1. The molecule has 1 fully saturated rings. The van der Waals surface area contributed by atoms with Crippen LogP contribution in [0.25, 0.3) is 6.08 Å². The zero-order valence-electron chi connectivity index (χ0n) is 16.4. The van der Waals surface area contributed by atoms with Crippen molar-refractivity contribution < 1.29 is 19.1 Å². The molecule has 3 rings (SSSR count). The third kappa shape index (κ3) is 5.84. The highest BCUT2D eigenvalue weighted by molar-refractivity contribution is 8.26. The second-order valence-electron chi connectivity index (χ2n) is 6.34. The molecule has 0 unspecified atom stereocenters. The number of carbonyl (C=O) groups excluding carboxylic acids is 3. The van der Waals surface area contributed by atoms with Crippen molar-refractivity contribution in [1.29, 1.82) is 0 Å². The van der Waals surface area contributed by atoms with E-state index in [1.807, 2.05) is 18.2 Å². The Bertz CT molecular complexity index is 1070. The molecule has 0 spiro atoms. The molecule has 3 amide bonds. The van der Waals surface area contributed by atoms with Gasteiger partial charge in [-0.25, -0.2) is 0 Å². The molecule has 0 aromatic heterocycles. The number of thiocarbonyl (C=S) groups is 1. The van der Waals surface area contributed by atoms with Crippen LogP contribution in [0, 0.1) is 0 Å². The molecule has 2 aromatic carbocycles. The van der Waals surface area contributed by atoms with Crippen LogP contribution in [0.1, 0.15) is 22.3 Å². The number of methoxy groups -OCH3 is 1. The van der Waals surface area contributed by atoms with Gasteiger partial charge in [-0.3, -0.25) is 30.1 Å². The van der Waals surface area contributed by atoms with Crippen LogP contribution in [0.4, 0.5) is 0 Å². The summed E-state index contributed by atoms with van der Waals surface area (Å²) in [6, 6.07) is 13.6. The maximum absolute atomic E-state index is 12.7. The largest absolute Gasteiger partial charge is 0.496 e. The van der Waals surface area contributed by atoms with E-state index in [1.54, 1.807) is 37.5 Å². The highest BCUT2D eigenvalue weighted by Crippen LogP contribution is 2.34. The van der Waals surface area contributed by atoms with Crippen molar-refractivity contribution in [2.24, 2.45) is 0 Å². The van der Waals surface area contributed by atoms with E-state index in [0.29, 0.717) is 25.6 Å². The summed E-state index contributed by atoms with van der Waals surface area (Å²) < 4.78 is 5.66. The molecule has 31 heavy (non-hydrogen) atoms. The lowest BCUT2D eigenvalue weighted by Crippen LogP contribution is -2.43. The fraction of sp³-hybridized carbons (Fsp3) is 0.143. The summed E-state index contributed by atoms with van der Waals surface area (Å²) in [6.45, 7) is 0.0901. The lowest BCUT2D eigenvalue weighted by Gasteiger charge is -2.14. The van der Waals surface area contributed by atoms with Crippen LogP contribution in [0.5, 0.6) is 5.75 Å². The minimum Gasteiger partial charge on any atom is -0.496 e. The molecular formula is C21H18ClN3O4S2. The molecule has 0 saturated carbocycles. The van der Waals surface area contributed by atoms with Gasteiger partial charge in [-0.15, -0.1) is 0 Å². The van der Waals surface area contributed by atoms with Gasteiger partial charge in [-0.1, -0.05) is 59.8 Å². The van der Waals surface area contributed by atoms with Gasteiger partial charge in [0, 0.05) is 29.1 Å². The van der Waals surface area contributed by atoms with Gasteiger partial charge in [0.05, 0.1) is 12.0 Å². The van der Waals surface area contributed by atoms with Crippen molar-refractivity contribution in [3.8, 4) is 5.75 Å². The number of nitrogens with zero attached hydrogens (tertiary/aromatic N) is 1. The summed E-state index contributed by atoms with van der Waals surface area (Å²) in [4.78, 5) is 38.7. The minimum atomic E-state index is -0.499. The van der Waals surface area contributed by atoms with E-state index in [1.165, 1.54) is 11.0 Å². The molecule has 7 nitrogen and oxygen atoms in total. The number of rotatable bonds is 6. The minimum absolute atomic E-state index is 0.0375. The van der Waals surface area contributed by atoms with E-state index in [-0.39, 0.29) is 18.9 Å². The van der Waals surface area contributed by atoms with Crippen LogP contribution in [0.15, 0.2) is 53.4 Å². The van der Waals surface area contributed by atoms with Gasteiger partial charge >= 0.3 is 0 Å². The van der Waals surface area contributed by atoms with Gasteiger partial charge in [-0.05, 0) is 30.3 Å². The van der Waals surface area contributed by atoms with Crippen molar-refractivity contribution in [1.82, 2.24) is 15.8 Å². The van der Waals surface area contributed by atoms with Crippen LogP contribution in [0.3, 0.4) is 0 Å². The van der Waals surface area contributed by atoms with E-state index in [2.05, 4.69) is 10.9 Å². The average Bonchev–Trinajstić information content (AvgIpc) is 3.03. The van der Waals surface area contributed by atoms with Gasteiger partial charge in [-0.2, -0.15) is 0 Å². The Kier molecular flexibility index (Phi) is 7.67. The Labute approximate surface area is 193 Å². The normalized spacial score (nSPS) is 14.6. The number of hydrazine groups is 1. The number of benzene rings is 2. The van der Waals surface area contributed by atoms with Crippen LogP contribution in [-0.4, -0.2) is 40.6 Å². The predicted molar refractivity (Wildman–Crippen MR) is 125 cm³/mol. The third-order valence-corrected chi connectivity index (χ3v) is 5.88. The van der Waals surface area contributed by atoms with Crippen LogP contribution >= 0.6 is 35.6 Å².